The van der Waals surface area contributed by atoms with Gasteiger partial charge in [-0.1, -0.05) is 109 Å². The summed E-state index contributed by atoms with van der Waals surface area (Å²) in [7, 11) is 0. The Morgan fingerprint density at radius 3 is 0.636 bits per heavy atom. The SMILES string of the molecule is C#CCOCCOCCOCCOCCOCCOCCOCCOCCOCCOCCOCCOCCCCCCCCCCCCCCCCCC. The van der Waals surface area contributed by atoms with Crippen molar-refractivity contribution in [1.29, 1.82) is 0 Å². The van der Waals surface area contributed by atoms with E-state index in [-0.39, 0.29) is 0 Å². The molecular formula is C43H84O12. The number of terminal acetylenes is 1. The topological polar surface area (TPSA) is 111 Å². The molecule has 0 unspecified atom stereocenters. The van der Waals surface area contributed by atoms with Crippen LogP contribution in [0.1, 0.15) is 110 Å². The van der Waals surface area contributed by atoms with Gasteiger partial charge in [0.05, 0.1) is 145 Å². The van der Waals surface area contributed by atoms with Crippen molar-refractivity contribution in [2.45, 2.75) is 110 Å². The Hall–Kier alpha value is -0.920. The summed E-state index contributed by atoms with van der Waals surface area (Å²) < 4.78 is 65.7. The smallest absolute Gasteiger partial charge is 0.107 e. The van der Waals surface area contributed by atoms with Gasteiger partial charge in [0, 0.05) is 6.61 Å². The molecule has 0 saturated heterocycles. The Balaban J connectivity index is 3.05. The van der Waals surface area contributed by atoms with Gasteiger partial charge in [-0.05, 0) is 6.42 Å². The molecule has 0 rings (SSSR count). The molecule has 0 heterocycles. The van der Waals surface area contributed by atoms with Gasteiger partial charge in [0.1, 0.15) is 6.61 Å². The Bertz CT molecular complexity index is 712. The van der Waals surface area contributed by atoms with E-state index in [0.29, 0.717) is 152 Å². The van der Waals surface area contributed by atoms with E-state index in [1.54, 1.807) is 0 Å². The number of ether oxygens (including phenoxy) is 12. The normalized spacial score (nSPS) is 11.5. The molecule has 0 aliphatic carbocycles. The zero-order valence-corrected chi connectivity index (χ0v) is 35.3. The van der Waals surface area contributed by atoms with Gasteiger partial charge in [0.2, 0.25) is 0 Å². The highest BCUT2D eigenvalue weighted by Crippen LogP contribution is 2.13. The minimum Gasteiger partial charge on any atom is -0.379 e. The van der Waals surface area contributed by atoms with Gasteiger partial charge in [-0.2, -0.15) is 0 Å². The van der Waals surface area contributed by atoms with Crippen molar-refractivity contribution in [2.75, 3.05) is 159 Å². The fraction of sp³-hybridized carbons (Fsp3) is 0.953. The molecule has 0 aromatic rings. The summed E-state index contributed by atoms with van der Waals surface area (Å²) >= 11 is 0. The summed E-state index contributed by atoms with van der Waals surface area (Å²) in [5.41, 5.74) is 0. The molecule has 328 valence electrons. The number of hydrogen-bond donors (Lipinski definition) is 0. The van der Waals surface area contributed by atoms with Gasteiger partial charge in [0.15, 0.2) is 0 Å². The summed E-state index contributed by atoms with van der Waals surface area (Å²) in [4.78, 5) is 0. The molecule has 0 atom stereocenters. The molecule has 55 heavy (non-hydrogen) atoms. The average Bonchev–Trinajstić information content (AvgIpc) is 3.20. The van der Waals surface area contributed by atoms with E-state index in [1.165, 1.54) is 96.3 Å². The number of hydrogen-bond acceptors (Lipinski definition) is 12. The number of rotatable bonds is 51. The Labute approximate surface area is 336 Å². The molecule has 0 spiro atoms. The molecule has 12 nitrogen and oxygen atoms in total. The molecule has 0 aromatic carbocycles. The monoisotopic (exact) mass is 793 g/mol. The van der Waals surface area contributed by atoms with E-state index in [0.717, 1.165) is 13.0 Å². The quantitative estimate of drug-likeness (QED) is 0.0464. The van der Waals surface area contributed by atoms with Crippen LogP contribution in [-0.2, 0) is 56.8 Å². The lowest BCUT2D eigenvalue weighted by Gasteiger charge is -2.09. The van der Waals surface area contributed by atoms with Crippen molar-refractivity contribution >= 4 is 0 Å². The van der Waals surface area contributed by atoms with Crippen LogP contribution >= 0.6 is 0 Å². The third-order valence-corrected chi connectivity index (χ3v) is 8.42. The van der Waals surface area contributed by atoms with Crippen molar-refractivity contribution in [1.82, 2.24) is 0 Å². The molecule has 0 bridgehead atoms. The fourth-order valence-corrected chi connectivity index (χ4v) is 5.30. The zero-order valence-electron chi connectivity index (χ0n) is 35.3. The van der Waals surface area contributed by atoms with Gasteiger partial charge < -0.3 is 56.8 Å². The van der Waals surface area contributed by atoms with Crippen molar-refractivity contribution in [3.05, 3.63) is 0 Å². The van der Waals surface area contributed by atoms with Crippen LogP contribution < -0.4 is 0 Å². The van der Waals surface area contributed by atoms with Crippen LogP contribution in [0.4, 0.5) is 0 Å². The van der Waals surface area contributed by atoms with Crippen LogP contribution in [-0.4, -0.2) is 159 Å². The largest absolute Gasteiger partial charge is 0.379 e. The summed E-state index contributed by atoms with van der Waals surface area (Å²) in [5, 5.41) is 0. The second-order valence-corrected chi connectivity index (χ2v) is 13.3. The summed E-state index contributed by atoms with van der Waals surface area (Å²) in [6, 6.07) is 0. The molecule has 0 saturated carbocycles. The zero-order chi connectivity index (χ0) is 39.5. The average molecular weight is 793 g/mol. The van der Waals surface area contributed by atoms with Gasteiger partial charge >= 0.3 is 0 Å². The van der Waals surface area contributed by atoms with E-state index >= 15 is 0 Å². The first kappa shape index (κ1) is 54.1. The fourth-order valence-electron chi connectivity index (χ4n) is 5.30. The van der Waals surface area contributed by atoms with Crippen LogP contribution in [0.15, 0.2) is 0 Å². The minimum absolute atomic E-state index is 0.309. The first-order chi connectivity index (χ1) is 27.4. The predicted molar refractivity (Wildman–Crippen MR) is 218 cm³/mol. The molecule has 0 amide bonds. The summed E-state index contributed by atoms with van der Waals surface area (Å²) in [6.45, 7) is 15.1. The maximum atomic E-state index is 5.70. The van der Waals surface area contributed by atoms with Gasteiger partial charge in [-0.15, -0.1) is 6.42 Å². The minimum atomic E-state index is 0.309. The molecule has 12 heteroatoms. The third kappa shape index (κ3) is 53.1. The Morgan fingerprint density at radius 1 is 0.236 bits per heavy atom. The first-order valence-corrected chi connectivity index (χ1v) is 21.8. The molecule has 0 N–H and O–H groups in total. The van der Waals surface area contributed by atoms with Crippen molar-refractivity contribution in [2.24, 2.45) is 0 Å². The first-order valence-electron chi connectivity index (χ1n) is 21.8. The molecule has 0 radical (unpaired) electrons. The van der Waals surface area contributed by atoms with Crippen LogP contribution in [0.25, 0.3) is 0 Å². The van der Waals surface area contributed by atoms with Crippen molar-refractivity contribution < 1.29 is 56.8 Å². The maximum Gasteiger partial charge on any atom is 0.107 e. The standard InChI is InChI=1S/C43H84O12/c1-3-5-6-7-8-9-10-11-12-13-14-15-16-17-18-19-21-45-23-25-47-27-29-49-31-33-51-35-37-53-39-41-55-43-42-54-40-38-52-36-34-50-32-30-48-28-26-46-24-22-44-20-4-2/h2H,3,5-43H2,1H3. The molecule has 0 aromatic heterocycles. The van der Waals surface area contributed by atoms with Crippen LogP contribution in [0.2, 0.25) is 0 Å². The third-order valence-electron chi connectivity index (χ3n) is 8.42. The van der Waals surface area contributed by atoms with E-state index < -0.39 is 0 Å². The lowest BCUT2D eigenvalue weighted by Crippen LogP contribution is -2.15. The van der Waals surface area contributed by atoms with Crippen LogP contribution in [0.5, 0.6) is 0 Å². The van der Waals surface area contributed by atoms with E-state index in [2.05, 4.69) is 12.8 Å². The summed E-state index contributed by atoms with van der Waals surface area (Å²) in [5.74, 6) is 2.40. The number of unbranched alkanes of at least 4 members (excludes halogenated alkanes) is 15. The van der Waals surface area contributed by atoms with Gasteiger partial charge in [-0.3, -0.25) is 0 Å². The van der Waals surface area contributed by atoms with Gasteiger partial charge in [-0.25, -0.2) is 0 Å². The van der Waals surface area contributed by atoms with E-state index in [9.17, 15) is 0 Å². The van der Waals surface area contributed by atoms with Crippen LogP contribution in [0, 0.1) is 12.3 Å². The molecule has 0 aliphatic rings. The van der Waals surface area contributed by atoms with Crippen LogP contribution in [0.3, 0.4) is 0 Å². The highest BCUT2D eigenvalue weighted by atomic mass is 16.6. The Kier molecular flexibility index (Phi) is 52.2. The second-order valence-electron chi connectivity index (χ2n) is 13.3. The van der Waals surface area contributed by atoms with Crippen molar-refractivity contribution in [3.63, 3.8) is 0 Å². The molecular weight excluding hydrogens is 708 g/mol. The lowest BCUT2D eigenvalue weighted by atomic mass is 10.0. The molecule has 0 aliphatic heterocycles. The maximum absolute atomic E-state index is 5.70. The van der Waals surface area contributed by atoms with E-state index in [4.69, 9.17) is 63.3 Å². The van der Waals surface area contributed by atoms with Crippen molar-refractivity contribution in [3.8, 4) is 12.3 Å². The highest BCUT2D eigenvalue weighted by Gasteiger charge is 1.98. The van der Waals surface area contributed by atoms with E-state index in [1.807, 2.05) is 0 Å². The second kappa shape index (κ2) is 53.1. The Morgan fingerprint density at radius 2 is 0.418 bits per heavy atom. The molecule has 0 fully saturated rings. The van der Waals surface area contributed by atoms with Gasteiger partial charge in [0.25, 0.3) is 0 Å². The lowest BCUT2D eigenvalue weighted by molar-refractivity contribution is -0.0281. The predicted octanol–water partition coefficient (Wildman–Crippen LogP) is 7.08. The highest BCUT2D eigenvalue weighted by molar-refractivity contribution is 4.82. The summed E-state index contributed by atoms with van der Waals surface area (Å²) in [6.07, 6.45) is 27.3.